The van der Waals surface area contributed by atoms with Crippen LogP contribution in [-0.4, -0.2) is 12.1 Å². The third kappa shape index (κ3) is 4.73. The van der Waals surface area contributed by atoms with Gasteiger partial charge in [0, 0.05) is 0 Å². The van der Waals surface area contributed by atoms with E-state index in [-0.39, 0.29) is 12.1 Å². The summed E-state index contributed by atoms with van der Waals surface area (Å²) in [6.45, 7) is 5.78. The molecule has 1 saturated carbocycles. The van der Waals surface area contributed by atoms with Crippen LogP contribution in [0.3, 0.4) is 0 Å². The van der Waals surface area contributed by atoms with Crippen LogP contribution in [0.4, 0.5) is 0 Å². The topological polar surface area (TPSA) is 26.3 Å². The highest BCUT2D eigenvalue weighted by Gasteiger charge is 2.24. The van der Waals surface area contributed by atoms with Crippen LogP contribution in [0.25, 0.3) is 0 Å². The molecule has 114 valence electrons. The number of rotatable bonds is 6. The number of carbonyl (C=O) groups excluding carboxylic acids is 1. The third-order valence-corrected chi connectivity index (χ3v) is 4.27. The predicted molar refractivity (Wildman–Crippen MR) is 86.3 cm³/mol. The molecule has 0 saturated heterocycles. The van der Waals surface area contributed by atoms with Crippen molar-refractivity contribution in [1.82, 2.24) is 0 Å². The van der Waals surface area contributed by atoms with Crippen LogP contribution < -0.4 is 0 Å². The molecular weight excluding hydrogens is 260 g/mol. The lowest BCUT2D eigenvalue weighted by Gasteiger charge is -2.28. The van der Waals surface area contributed by atoms with Crippen molar-refractivity contribution in [2.24, 2.45) is 0 Å². The molecule has 0 heterocycles. The third-order valence-electron chi connectivity index (χ3n) is 4.27. The van der Waals surface area contributed by atoms with E-state index in [4.69, 9.17) is 4.74 Å². The minimum atomic E-state index is -0.141. The molecule has 2 nitrogen and oxygen atoms in total. The fraction of sp³-hybridized carbons (Fsp3) is 0.526. The van der Waals surface area contributed by atoms with E-state index in [1.165, 1.54) is 17.5 Å². The van der Waals surface area contributed by atoms with Crippen molar-refractivity contribution in [3.8, 4) is 0 Å². The maximum absolute atomic E-state index is 11.5. The Morgan fingerprint density at radius 2 is 1.90 bits per heavy atom. The van der Waals surface area contributed by atoms with Gasteiger partial charge in [-0.2, -0.15) is 0 Å². The Labute approximate surface area is 128 Å². The number of hydrogen-bond donors (Lipinski definition) is 0. The van der Waals surface area contributed by atoms with Crippen LogP contribution >= 0.6 is 0 Å². The predicted octanol–water partition coefficient (Wildman–Crippen LogP) is 4.78. The van der Waals surface area contributed by atoms with Crippen molar-refractivity contribution < 1.29 is 9.53 Å². The minimum Gasteiger partial charge on any atom is -0.462 e. The Kier molecular flexibility index (Phi) is 6.04. The van der Waals surface area contributed by atoms with Crippen molar-refractivity contribution in [2.45, 2.75) is 63.9 Å². The van der Waals surface area contributed by atoms with E-state index in [0.717, 1.165) is 32.1 Å². The monoisotopic (exact) mass is 286 g/mol. The lowest BCUT2D eigenvalue weighted by atomic mass is 9.82. The summed E-state index contributed by atoms with van der Waals surface area (Å²) in [5, 5.41) is 0. The van der Waals surface area contributed by atoms with E-state index >= 15 is 0 Å². The maximum atomic E-state index is 11.5. The first-order chi connectivity index (χ1) is 10.2. The van der Waals surface area contributed by atoms with Gasteiger partial charge in [0.15, 0.2) is 0 Å². The van der Waals surface area contributed by atoms with Gasteiger partial charge in [-0.1, -0.05) is 43.7 Å². The second-order valence-corrected chi connectivity index (χ2v) is 5.95. The van der Waals surface area contributed by atoms with E-state index in [2.05, 4.69) is 37.8 Å². The fourth-order valence-corrected chi connectivity index (χ4v) is 3.11. The zero-order valence-electron chi connectivity index (χ0n) is 13.0. The Balaban J connectivity index is 1.83. The Bertz CT molecular complexity index is 453. The molecule has 1 aliphatic carbocycles. The van der Waals surface area contributed by atoms with Gasteiger partial charge in [-0.05, 0) is 49.1 Å². The second-order valence-electron chi connectivity index (χ2n) is 5.95. The standard InChI is InChI=1S/C19H26O2/c1-3-5-15-7-9-16(10-8-15)17-11-13-18(14-12-17)21-19(20)6-4-2/h4,7-10,17-18H,2-3,5-6,11-14H2,1H3/t17-,18-. The molecule has 0 N–H and O–H groups in total. The lowest BCUT2D eigenvalue weighted by Crippen LogP contribution is -2.23. The summed E-state index contributed by atoms with van der Waals surface area (Å²) in [5.41, 5.74) is 2.86. The quantitative estimate of drug-likeness (QED) is 0.555. The molecule has 1 aliphatic rings. The van der Waals surface area contributed by atoms with Crippen LogP contribution in [0.1, 0.15) is 62.5 Å². The van der Waals surface area contributed by atoms with Crippen LogP contribution in [0.5, 0.6) is 0 Å². The Morgan fingerprint density at radius 1 is 1.24 bits per heavy atom. The largest absolute Gasteiger partial charge is 0.462 e. The van der Waals surface area contributed by atoms with Crippen molar-refractivity contribution in [3.05, 3.63) is 48.0 Å². The number of benzene rings is 1. The SMILES string of the molecule is C=CCC(=O)O[C@H]1CC[C@H](c2ccc(CCC)cc2)CC1. The summed E-state index contributed by atoms with van der Waals surface area (Å²) in [7, 11) is 0. The van der Waals surface area contributed by atoms with Gasteiger partial charge >= 0.3 is 5.97 Å². The van der Waals surface area contributed by atoms with Gasteiger partial charge in [-0.3, -0.25) is 4.79 Å². The molecule has 21 heavy (non-hydrogen) atoms. The molecule has 0 spiro atoms. The number of esters is 1. The summed E-state index contributed by atoms with van der Waals surface area (Å²) >= 11 is 0. The van der Waals surface area contributed by atoms with Gasteiger partial charge in [-0.25, -0.2) is 0 Å². The van der Waals surface area contributed by atoms with Crippen LogP contribution in [0, 0.1) is 0 Å². The smallest absolute Gasteiger partial charge is 0.309 e. The average Bonchev–Trinajstić information content (AvgIpc) is 2.49. The van der Waals surface area contributed by atoms with Crippen LogP contribution in [0.2, 0.25) is 0 Å². The molecule has 0 bridgehead atoms. The highest BCUT2D eigenvalue weighted by atomic mass is 16.5. The van der Waals surface area contributed by atoms with Crippen molar-refractivity contribution in [1.29, 1.82) is 0 Å². The molecule has 0 amide bonds. The fourth-order valence-electron chi connectivity index (χ4n) is 3.11. The molecule has 1 fully saturated rings. The minimum absolute atomic E-state index is 0.105. The first-order valence-corrected chi connectivity index (χ1v) is 8.12. The van der Waals surface area contributed by atoms with E-state index in [1.807, 2.05) is 0 Å². The van der Waals surface area contributed by atoms with Crippen LogP contribution in [0.15, 0.2) is 36.9 Å². The molecule has 0 aliphatic heterocycles. The zero-order chi connectivity index (χ0) is 15.1. The average molecular weight is 286 g/mol. The zero-order valence-corrected chi connectivity index (χ0v) is 13.0. The van der Waals surface area contributed by atoms with Crippen molar-refractivity contribution in [3.63, 3.8) is 0 Å². The van der Waals surface area contributed by atoms with E-state index in [0.29, 0.717) is 12.3 Å². The van der Waals surface area contributed by atoms with E-state index in [9.17, 15) is 4.79 Å². The summed E-state index contributed by atoms with van der Waals surface area (Å²) in [6.07, 6.45) is 8.55. The number of hydrogen-bond acceptors (Lipinski definition) is 2. The number of carbonyl (C=O) groups is 1. The molecule has 2 heteroatoms. The molecule has 0 unspecified atom stereocenters. The van der Waals surface area contributed by atoms with Gasteiger partial charge < -0.3 is 4.74 Å². The number of aryl methyl sites for hydroxylation is 1. The number of ether oxygens (including phenoxy) is 1. The summed E-state index contributed by atoms with van der Waals surface area (Å²) in [4.78, 5) is 11.5. The molecule has 0 aromatic heterocycles. The second kappa shape index (κ2) is 8.02. The van der Waals surface area contributed by atoms with Crippen molar-refractivity contribution >= 4 is 5.97 Å². The summed E-state index contributed by atoms with van der Waals surface area (Å²) in [6, 6.07) is 9.07. The van der Waals surface area contributed by atoms with Crippen molar-refractivity contribution in [2.75, 3.05) is 0 Å². The Morgan fingerprint density at radius 3 is 2.48 bits per heavy atom. The normalized spacial score (nSPS) is 21.8. The van der Waals surface area contributed by atoms with Gasteiger partial charge in [-0.15, -0.1) is 6.58 Å². The van der Waals surface area contributed by atoms with Gasteiger partial charge in [0.25, 0.3) is 0 Å². The summed E-state index contributed by atoms with van der Waals surface area (Å²) in [5.74, 6) is 0.479. The van der Waals surface area contributed by atoms with Crippen LogP contribution in [-0.2, 0) is 16.0 Å². The molecule has 2 rings (SSSR count). The lowest BCUT2D eigenvalue weighted by molar-refractivity contribution is -0.149. The van der Waals surface area contributed by atoms with Gasteiger partial charge in [0.1, 0.15) is 6.10 Å². The maximum Gasteiger partial charge on any atom is 0.309 e. The Hall–Kier alpha value is -1.57. The molecule has 0 atom stereocenters. The van der Waals surface area contributed by atoms with E-state index in [1.54, 1.807) is 6.08 Å². The highest BCUT2D eigenvalue weighted by Crippen LogP contribution is 2.34. The van der Waals surface area contributed by atoms with E-state index < -0.39 is 0 Å². The first kappa shape index (κ1) is 15.8. The highest BCUT2D eigenvalue weighted by molar-refractivity contribution is 5.71. The molecule has 1 aromatic rings. The molecule has 0 radical (unpaired) electrons. The molecule has 1 aromatic carbocycles. The first-order valence-electron chi connectivity index (χ1n) is 8.12. The van der Waals surface area contributed by atoms with Gasteiger partial charge in [0.2, 0.25) is 0 Å². The van der Waals surface area contributed by atoms with Gasteiger partial charge in [0.05, 0.1) is 6.42 Å². The molecular formula is C19H26O2. The summed E-state index contributed by atoms with van der Waals surface area (Å²) < 4.78 is 5.46.